The van der Waals surface area contributed by atoms with E-state index in [1.165, 1.54) is 32.1 Å². The molecule has 0 bridgehead atoms. The number of para-hydroxylation sites is 1. The van der Waals surface area contributed by atoms with Crippen LogP contribution in [0.4, 0.5) is 5.95 Å². The average molecular weight is 380 g/mol. The summed E-state index contributed by atoms with van der Waals surface area (Å²) >= 11 is 0. The van der Waals surface area contributed by atoms with Crippen LogP contribution < -0.4 is 10.9 Å². The van der Waals surface area contributed by atoms with E-state index in [1.54, 1.807) is 10.9 Å². The van der Waals surface area contributed by atoms with Crippen molar-refractivity contribution in [3.63, 3.8) is 0 Å². The molecular formula is C21H28N6O. The Morgan fingerprint density at radius 2 is 2.00 bits per heavy atom. The Morgan fingerprint density at radius 3 is 2.79 bits per heavy atom. The summed E-state index contributed by atoms with van der Waals surface area (Å²) in [7, 11) is 2.22. The predicted molar refractivity (Wildman–Crippen MR) is 112 cm³/mol. The molecule has 2 aromatic heterocycles. The minimum atomic E-state index is -0.172. The monoisotopic (exact) mass is 380 g/mol. The highest BCUT2D eigenvalue weighted by Crippen LogP contribution is 2.21. The summed E-state index contributed by atoms with van der Waals surface area (Å²) in [6.07, 6.45) is 9.30. The smallest absolute Gasteiger partial charge is 0.263 e. The van der Waals surface area contributed by atoms with E-state index in [0.717, 1.165) is 31.2 Å². The zero-order valence-corrected chi connectivity index (χ0v) is 16.4. The number of benzene rings is 1. The fourth-order valence-corrected chi connectivity index (χ4v) is 4.00. The number of aromatic nitrogens is 4. The van der Waals surface area contributed by atoms with Crippen molar-refractivity contribution in [2.75, 3.05) is 25.5 Å². The van der Waals surface area contributed by atoms with E-state index in [2.05, 4.69) is 32.3 Å². The van der Waals surface area contributed by atoms with Gasteiger partial charge in [0, 0.05) is 12.6 Å². The van der Waals surface area contributed by atoms with Crippen LogP contribution in [-0.2, 0) is 0 Å². The minimum absolute atomic E-state index is 0.172. The molecular weight excluding hydrogens is 352 g/mol. The first-order valence-electron chi connectivity index (χ1n) is 10.2. The lowest BCUT2D eigenvalue weighted by molar-refractivity contribution is 0.191. The number of aromatic amines is 1. The number of hydrogen-bond acceptors (Lipinski definition) is 5. The van der Waals surface area contributed by atoms with Gasteiger partial charge in [0.05, 0.1) is 11.9 Å². The van der Waals surface area contributed by atoms with Crippen LogP contribution in [-0.4, -0.2) is 50.8 Å². The third kappa shape index (κ3) is 4.09. The second kappa shape index (κ2) is 8.56. The van der Waals surface area contributed by atoms with Gasteiger partial charge in [-0.3, -0.25) is 9.78 Å². The van der Waals surface area contributed by atoms with Crippen LogP contribution in [0.3, 0.4) is 0 Å². The first-order chi connectivity index (χ1) is 13.7. The number of fused-ring (bicyclic) bond motifs is 1. The van der Waals surface area contributed by atoms with Crippen molar-refractivity contribution in [1.82, 2.24) is 24.6 Å². The summed E-state index contributed by atoms with van der Waals surface area (Å²) < 4.78 is 1.70. The number of nitrogens with one attached hydrogen (secondary N) is 2. The normalized spacial score (nSPS) is 15.4. The standard InChI is InChI=1S/C21H28N6O/c1-26(16-9-4-2-5-10-16)14-8-13-22-21-24-19-18(20(28)25-21)15-23-27(19)17-11-6-3-7-12-17/h3,6-7,11-12,15-16H,2,4-5,8-10,13-14H2,1H3,(H2,22,24,25,28). The molecule has 0 unspecified atom stereocenters. The van der Waals surface area contributed by atoms with Gasteiger partial charge in [-0.05, 0) is 45.0 Å². The van der Waals surface area contributed by atoms with Gasteiger partial charge in [0.15, 0.2) is 5.65 Å². The number of nitrogens with zero attached hydrogens (tertiary/aromatic N) is 4. The fraction of sp³-hybridized carbons (Fsp3) is 0.476. The molecule has 4 rings (SSSR count). The van der Waals surface area contributed by atoms with Crippen LogP contribution in [0.1, 0.15) is 38.5 Å². The summed E-state index contributed by atoms with van der Waals surface area (Å²) in [5.41, 5.74) is 1.28. The van der Waals surface area contributed by atoms with Gasteiger partial charge in [-0.1, -0.05) is 37.5 Å². The lowest BCUT2D eigenvalue weighted by Crippen LogP contribution is -2.34. The Kier molecular flexibility index (Phi) is 5.71. The topological polar surface area (TPSA) is 78.8 Å². The SMILES string of the molecule is CN(CCCNc1nc2c(cnn2-c2ccccc2)c(=O)[nH]1)C1CCCCC1. The molecule has 0 spiro atoms. The van der Waals surface area contributed by atoms with Crippen molar-refractivity contribution < 1.29 is 0 Å². The van der Waals surface area contributed by atoms with E-state index < -0.39 is 0 Å². The van der Waals surface area contributed by atoms with Crippen LogP contribution >= 0.6 is 0 Å². The highest BCUT2D eigenvalue weighted by atomic mass is 16.1. The Morgan fingerprint density at radius 1 is 1.21 bits per heavy atom. The number of rotatable bonds is 7. The van der Waals surface area contributed by atoms with Gasteiger partial charge in [0.2, 0.25) is 5.95 Å². The Bertz CT molecular complexity index is 958. The van der Waals surface area contributed by atoms with Gasteiger partial charge in [-0.25, -0.2) is 4.68 Å². The van der Waals surface area contributed by atoms with Crippen molar-refractivity contribution in [1.29, 1.82) is 0 Å². The summed E-state index contributed by atoms with van der Waals surface area (Å²) in [6.45, 7) is 1.82. The molecule has 1 aliphatic rings. The lowest BCUT2D eigenvalue weighted by Gasteiger charge is -2.31. The molecule has 148 valence electrons. The van der Waals surface area contributed by atoms with Crippen LogP contribution in [0, 0.1) is 0 Å². The maximum Gasteiger partial charge on any atom is 0.263 e. The molecule has 0 aliphatic heterocycles. The van der Waals surface area contributed by atoms with Crippen molar-refractivity contribution in [2.45, 2.75) is 44.6 Å². The number of anilines is 1. The Balaban J connectivity index is 1.41. The zero-order chi connectivity index (χ0) is 19.3. The average Bonchev–Trinajstić information content (AvgIpc) is 3.17. The molecule has 7 heteroatoms. The first-order valence-corrected chi connectivity index (χ1v) is 10.2. The van der Waals surface area contributed by atoms with Gasteiger partial charge >= 0.3 is 0 Å². The fourth-order valence-electron chi connectivity index (χ4n) is 4.00. The van der Waals surface area contributed by atoms with Crippen molar-refractivity contribution in [2.24, 2.45) is 0 Å². The number of H-pyrrole nitrogens is 1. The maximum atomic E-state index is 12.4. The van der Waals surface area contributed by atoms with Crippen molar-refractivity contribution in [3.8, 4) is 5.69 Å². The van der Waals surface area contributed by atoms with Gasteiger partial charge in [-0.15, -0.1) is 0 Å². The third-order valence-electron chi connectivity index (χ3n) is 5.62. The van der Waals surface area contributed by atoms with E-state index in [0.29, 0.717) is 17.0 Å². The molecule has 1 aromatic carbocycles. The van der Waals surface area contributed by atoms with Crippen molar-refractivity contribution >= 4 is 17.0 Å². The summed E-state index contributed by atoms with van der Waals surface area (Å²) in [5, 5.41) is 8.10. The van der Waals surface area contributed by atoms with Gasteiger partial charge in [-0.2, -0.15) is 10.1 Å². The summed E-state index contributed by atoms with van der Waals surface area (Å²) in [6, 6.07) is 10.5. The molecule has 1 saturated carbocycles. The van der Waals surface area contributed by atoms with E-state index in [1.807, 2.05) is 30.3 Å². The Labute approximate surface area is 164 Å². The minimum Gasteiger partial charge on any atom is -0.356 e. The van der Waals surface area contributed by atoms with E-state index in [9.17, 15) is 4.79 Å². The number of hydrogen-bond donors (Lipinski definition) is 2. The molecule has 2 N–H and O–H groups in total. The molecule has 1 aliphatic carbocycles. The first kappa shape index (κ1) is 18.7. The van der Waals surface area contributed by atoms with Gasteiger partial charge in [0.1, 0.15) is 5.39 Å². The highest BCUT2D eigenvalue weighted by Gasteiger charge is 2.17. The third-order valence-corrected chi connectivity index (χ3v) is 5.62. The molecule has 28 heavy (non-hydrogen) atoms. The zero-order valence-electron chi connectivity index (χ0n) is 16.4. The molecule has 3 aromatic rings. The second-order valence-electron chi connectivity index (χ2n) is 7.60. The largest absolute Gasteiger partial charge is 0.356 e. The van der Waals surface area contributed by atoms with Crippen LogP contribution in [0.15, 0.2) is 41.3 Å². The lowest BCUT2D eigenvalue weighted by atomic mass is 9.94. The predicted octanol–water partition coefficient (Wildman–Crippen LogP) is 3.18. The van der Waals surface area contributed by atoms with Crippen molar-refractivity contribution in [3.05, 3.63) is 46.9 Å². The molecule has 1 fully saturated rings. The van der Waals surface area contributed by atoms with Gasteiger partial charge in [0.25, 0.3) is 5.56 Å². The molecule has 0 saturated heterocycles. The molecule has 0 amide bonds. The molecule has 0 radical (unpaired) electrons. The molecule has 2 heterocycles. The van der Waals surface area contributed by atoms with E-state index >= 15 is 0 Å². The Hall–Kier alpha value is -2.67. The quantitative estimate of drug-likeness (QED) is 0.616. The van der Waals surface area contributed by atoms with Gasteiger partial charge < -0.3 is 10.2 Å². The van der Waals surface area contributed by atoms with E-state index in [-0.39, 0.29) is 5.56 Å². The van der Waals surface area contributed by atoms with Crippen LogP contribution in [0.2, 0.25) is 0 Å². The van der Waals surface area contributed by atoms with Crippen LogP contribution in [0.25, 0.3) is 16.7 Å². The summed E-state index contributed by atoms with van der Waals surface area (Å²) in [4.78, 5) is 22.3. The maximum absolute atomic E-state index is 12.4. The van der Waals surface area contributed by atoms with E-state index in [4.69, 9.17) is 0 Å². The highest BCUT2D eigenvalue weighted by molar-refractivity contribution is 5.76. The second-order valence-corrected chi connectivity index (χ2v) is 7.60. The summed E-state index contributed by atoms with van der Waals surface area (Å²) in [5.74, 6) is 0.496. The van der Waals surface area contributed by atoms with Crippen LogP contribution in [0.5, 0.6) is 0 Å². The molecule has 7 nitrogen and oxygen atoms in total. The molecule has 0 atom stereocenters.